The van der Waals surface area contributed by atoms with E-state index >= 15 is 0 Å². The van der Waals surface area contributed by atoms with Crippen LogP contribution in [0, 0.1) is 17.3 Å². The number of hydrogen-bond donors (Lipinski definition) is 1. The topological polar surface area (TPSA) is 68.5 Å². The molecule has 0 spiro atoms. The molecule has 0 aliphatic heterocycles. The van der Waals surface area contributed by atoms with Crippen LogP contribution in [-0.2, 0) is 4.79 Å². The van der Waals surface area contributed by atoms with Gasteiger partial charge < -0.3 is 14.5 Å². The van der Waals surface area contributed by atoms with Crippen LogP contribution in [0.3, 0.4) is 0 Å². The van der Waals surface area contributed by atoms with Crippen LogP contribution >= 0.6 is 11.6 Å². The highest BCUT2D eigenvalue weighted by Crippen LogP contribution is 2.59. The minimum atomic E-state index is -0.364. The number of halogens is 1. The van der Waals surface area contributed by atoms with E-state index in [9.17, 15) is 9.59 Å². The van der Waals surface area contributed by atoms with E-state index in [1.165, 1.54) is 18.7 Å². The zero-order valence-electron chi connectivity index (χ0n) is 18.8. The molecule has 1 aromatic heterocycles. The maximum Gasteiger partial charge on any atom is 0.230 e. The first kappa shape index (κ1) is 22.2. The number of carbonyl (C=O) groups excluding carboxylic acids is 2. The van der Waals surface area contributed by atoms with Crippen molar-refractivity contribution in [3.63, 3.8) is 0 Å². The molecule has 5 nitrogen and oxygen atoms in total. The summed E-state index contributed by atoms with van der Waals surface area (Å²) < 4.78 is 11.1. The summed E-state index contributed by atoms with van der Waals surface area (Å²) in [6, 6.07) is 12.1. The zero-order chi connectivity index (χ0) is 23.2. The minimum Gasteiger partial charge on any atom is -0.495 e. The van der Waals surface area contributed by atoms with Crippen molar-refractivity contribution in [3.05, 3.63) is 70.5 Å². The van der Waals surface area contributed by atoms with E-state index in [0.29, 0.717) is 33.0 Å². The Morgan fingerprint density at radius 2 is 1.88 bits per heavy atom. The summed E-state index contributed by atoms with van der Waals surface area (Å²) in [6.07, 6.45) is 2.14. The van der Waals surface area contributed by atoms with Gasteiger partial charge in [-0.3, -0.25) is 9.59 Å². The third kappa shape index (κ3) is 3.82. The molecule has 1 amide bonds. The SMILES string of the molecule is COc1ccc(C(=O)c2oc3ccccc3c2NC(=O)[C@@H]2[C@@H](C=C(C)C)C2(C)C)cc1Cl. The van der Waals surface area contributed by atoms with Gasteiger partial charge in [0.1, 0.15) is 11.3 Å². The molecular weight excluding hydrogens is 426 g/mol. The normalized spacial score (nSPS) is 18.8. The fourth-order valence-electron chi connectivity index (χ4n) is 4.32. The molecule has 6 heteroatoms. The molecule has 0 unspecified atom stereocenters. The number of carbonyl (C=O) groups is 2. The van der Waals surface area contributed by atoms with Gasteiger partial charge in [-0.2, -0.15) is 0 Å². The van der Waals surface area contributed by atoms with Crippen LogP contribution in [0.2, 0.25) is 5.02 Å². The Morgan fingerprint density at radius 1 is 1.16 bits per heavy atom. The molecule has 32 heavy (non-hydrogen) atoms. The number of amides is 1. The lowest BCUT2D eigenvalue weighted by molar-refractivity contribution is -0.118. The number of anilines is 1. The van der Waals surface area contributed by atoms with E-state index in [1.807, 2.05) is 32.0 Å². The highest BCUT2D eigenvalue weighted by molar-refractivity contribution is 6.32. The summed E-state index contributed by atoms with van der Waals surface area (Å²) in [5.41, 5.74) is 2.30. The number of furan rings is 1. The lowest BCUT2D eigenvalue weighted by Gasteiger charge is -2.08. The van der Waals surface area contributed by atoms with Gasteiger partial charge in [0, 0.05) is 10.9 Å². The lowest BCUT2D eigenvalue weighted by Crippen LogP contribution is -2.18. The molecule has 1 aliphatic rings. The first-order valence-electron chi connectivity index (χ1n) is 10.5. The predicted molar refractivity (Wildman–Crippen MR) is 126 cm³/mol. The maximum atomic E-state index is 13.3. The first-order valence-corrected chi connectivity index (χ1v) is 10.9. The van der Waals surface area contributed by atoms with E-state index in [0.717, 1.165) is 0 Å². The molecule has 0 radical (unpaired) electrons. The molecule has 1 heterocycles. The van der Waals surface area contributed by atoms with Crippen molar-refractivity contribution in [1.29, 1.82) is 0 Å². The molecule has 2 atom stereocenters. The molecular formula is C26H26ClNO4. The molecule has 1 saturated carbocycles. The second-order valence-electron chi connectivity index (χ2n) is 9.04. The van der Waals surface area contributed by atoms with Crippen molar-refractivity contribution >= 4 is 39.9 Å². The van der Waals surface area contributed by atoms with Crippen LogP contribution in [0.1, 0.15) is 43.8 Å². The Balaban J connectivity index is 1.71. The fraction of sp³-hybridized carbons (Fsp3) is 0.308. The van der Waals surface area contributed by atoms with E-state index in [-0.39, 0.29) is 34.7 Å². The summed E-state index contributed by atoms with van der Waals surface area (Å²) in [5.74, 6) is 0.0538. The minimum absolute atomic E-state index is 0.0815. The average Bonchev–Trinajstić information content (AvgIpc) is 3.10. The zero-order valence-corrected chi connectivity index (χ0v) is 19.5. The number of allylic oxidation sites excluding steroid dienone is 2. The first-order chi connectivity index (χ1) is 15.1. The smallest absolute Gasteiger partial charge is 0.230 e. The quantitative estimate of drug-likeness (QED) is 0.343. The van der Waals surface area contributed by atoms with Gasteiger partial charge in [0.25, 0.3) is 0 Å². The highest BCUT2D eigenvalue weighted by Gasteiger charge is 2.60. The lowest BCUT2D eigenvalue weighted by atomic mass is 10.1. The Bertz CT molecular complexity index is 1250. The van der Waals surface area contributed by atoms with E-state index in [2.05, 4.69) is 25.2 Å². The van der Waals surface area contributed by atoms with Crippen molar-refractivity contribution in [3.8, 4) is 5.75 Å². The Labute approximate surface area is 192 Å². The Kier molecular flexibility index (Phi) is 5.63. The number of ketones is 1. The number of nitrogens with one attached hydrogen (secondary N) is 1. The second kappa shape index (κ2) is 8.14. The van der Waals surface area contributed by atoms with Crippen molar-refractivity contribution in [1.82, 2.24) is 0 Å². The fourth-order valence-corrected chi connectivity index (χ4v) is 4.58. The monoisotopic (exact) mass is 451 g/mol. The van der Waals surface area contributed by atoms with Crippen LogP contribution in [-0.4, -0.2) is 18.8 Å². The van der Waals surface area contributed by atoms with Crippen LogP contribution in [0.4, 0.5) is 5.69 Å². The van der Waals surface area contributed by atoms with Gasteiger partial charge >= 0.3 is 0 Å². The number of rotatable bonds is 6. The van der Waals surface area contributed by atoms with Gasteiger partial charge in [0.2, 0.25) is 11.7 Å². The molecule has 2 aromatic carbocycles. The number of ether oxygens (including phenoxy) is 1. The molecule has 166 valence electrons. The van der Waals surface area contributed by atoms with Crippen molar-refractivity contribution in [2.75, 3.05) is 12.4 Å². The number of hydrogen-bond acceptors (Lipinski definition) is 4. The summed E-state index contributed by atoms with van der Waals surface area (Å²) >= 11 is 6.22. The van der Waals surface area contributed by atoms with Crippen molar-refractivity contribution in [2.24, 2.45) is 17.3 Å². The summed E-state index contributed by atoms with van der Waals surface area (Å²) in [6.45, 7) is 8.23. The van der Waals surface area contributed by atoms with Crippen molar-refractivity contribution in [2.45, 2.75) is 27.7 Å². The highest BCUT2D eigenvalue weighted by atomic mass is 35.5. The van der Waals surface area contributed by atoms with Crippen LogP contribution in [0.25, 0.3) is 11.0 Å². The average molecular weight is 452 g/mol. The van der Waals surface area contributed by atoms with Gasteiger partial charge in [-0.15, -0.1) is 0 Å². The standard InChI is InChI=1S/C26H26ClNO4/c1-14(2)12-17-21(26(17,3)4)25(30)28-22-16-8-6-7-9-19(16)32-24(22)23(29)15-10-11-20(31-5)18(27)13-15/h6-13,17,21H,1-5H3,(H,28,30)/t17-,21+/m1/s1. The van der Waals surface area contributed by atoms with Gasteiger partial charge in [-0.25, -0.2) is 0 Å². The number of para-hydroxylation sites is 1. The summed E-state index contributed by atoms with van der Waals surface area (Å²) in [5, 5.41) is 4.01. The number of fused-ring (bicyclic) bond motifs is 1. The van der Waals surface area contributed by atoms with Gasteiger partial charge in [0.15, 0.2) is 5.76 Å². The Hall–Kier alpha value is -3.05. The van der Waals surface area contributed by atoms with Crippen molar-refractivity contribution < 1.29 is 18.7 Å². The molecule has 1 fully saturated rings. The second-order valence-corrected chi connectivity index (χ2v) is 9.45. The largest absolute Gasteiger partial charge is 0.495 e. The molecule has 4 rings (SSSR count). The van der Waals surface area contributed by atoms with E-state index in [1.54, 1.807) is 18.2 Å². The summed E-state index contributed by atoms with van der Waals surface area (Å²) in [7, 11) is 1.51. The van der Waals surface area contributed by atoms with E-state index < -0.39 is 0 Å². The summed E-state index contributed by atoms with van der Waals surface area (Å²) in [4.78, 5) is 26.6. The Morgan fingerprint density at radius 3 is 2.53 bits per heavy atom. The predicted octanol–water partition coefficient (Wildman–Crippen LogP) is 6.50. The van der Waals surface area contributed by atoms with Gasteiger partial charge in [-0.05, 0) is 55.5 Å². The van der Waals surface area contributed by atoms with Gasteiger partial charge in [-0.1, -0.05) is 49.2 Å². The number of methoxy groups -OCH3 is 1. The molecule has 1 aliphatic carbocycles. The number of benzene rings is 2. The molecule has 0 saturated heterocycles. The third-order valence-electron chi connectivity index (χ3n) is 6.17. The third-order valence-corrected chi connectivity index (χ3v) is 6.47. The van der Waals surface area contributed by atoms with Crippen LogP contribution in [0.5, 0.6) is 5.75 Å². The van der Waals surface area contributed by atoms with Crippen LogP contribution in [0.15, 0.2) is 58.5 Å². The molecule has 0 bridgehead atoms. The van der Waals surface area contributed by atoms with Crippen LogP contribution < -0.4 is 10.1 Å². The molecule has 1 N–H and O–H groups in total. The maximum absolute atomic E-state index is 13.3. The van der Waals surface area contributed by atoms with E-state index in [4.69, 9.17) is 20.8 Å². The van der Waals surface area contributed by atoms with Gasteiger partial charge in [0.05, 0.1) is 23.7 Å². The molecule has 3 aromatic rings.